The second kappa shape index (κ2) is 5.99. The highest BCUT2D eigenvalue weighted by atomic mass is 32.2. The minimum Gasteiger partial charge on any atom is -0.368 e. The predicted molar refractivity (Wildman–Crippen MR) is 78.1 cm³/mol. The van der Waals surface area contributed by atoms with E-state index < -0.39 is 15.4 Å². The number of sulfone groups is 1. The van der Waals surface area contributed by atoms with Crippen LogP contribution in [-0.4, -0.2) is 61.9 Å². The van der Waals surface area contributed by atoms with Crippen LogP contribution in [0.4, 0.5) is 0 Å². The lowest BCUT2D eigenvalue weighted by atomic mass is 9.96. The number of nitrogens with zero attached hydrogens (tertiary/aromatic N) is 1. The van der Waals surface area contributed by atoms with E-state index in [1.54, 1.807) is 0 Å². The fourth-order valence-electron chi connectivity index (χ4n) is 3.46. The lowest BCUT2D eigenvalue weighted by Crippen LogP contribution is -2.54. The lowest BCUT2D eigenvalue weighted by Gasteiger charge is -2.30. The molecule has 2 rings (SSSR count). The number of carbonyl (C=O) groups excluding carboxylic acids is 1. The Bertz CT molecular complexity index is 465. The van der Waals surface area contributed by atoms with Crippen molar-refractivity contribution in [2.75, 3.05) is 31.1 Å². The molecule has 2 fully saturated rings. The van der Waals surface area contributed by atoms with Crippen molar-refractivity contribution < 1.29 is 13.2 Å². The average Bonchev–Trinajstić information content (AvgIpc) is 2.71. The number of nitrogens with two attached hydrogens (primary N) is 1. The Balaban J connectivity index is 2.03. The first-order chi connectivity index (χ1) is 9.38. The molecule has 0 radical (unpaired) electrons. The summed E-state index contributed by atoms with van der Waals surface area (Å²) in [7, 11) is -2.89. The molecule has 0 spiro atoms. The van der Waals surface area contributed by atoms with Crippen molar-refractivity contribution in [3.8, 4) is 0 Å². The van der Waals surface area contributed by atoms with Gasteiger partial charge in [0.15, 0.2) is 9.84 Å². The van der Waals surface area contributed by atoms with Crippen LogP contribution >= 0.6 is 0 Å². The topological polar surface area (TPSA) is 92.5 Å². The van der Waals surface area contributed by atoms with E-state index in [2.05, 4.69) is 10.2 Å². The highest BCUT2D eigenvalue weighted by Gasteiger charge is 2.45. The van der Waals surface area contributed by atoms with Crippen LogP contribution in [0.15, 0.2) is 0 Å². The molecule has 1 aliphatic heterocycles. The first kappa shape index (κ1) is 15.7. The zero-order chi connectivity index (χ0) is 14.8. The lowest BCUT2D eigenvalue weighted by molar-refractivity contribution is -0.124. The summed E-state index contributed by atoms with van der Waals surface area (Å²) in [6, 6.07) is 0.259. The Kier molecular flexibility index (Phi) is 4.71. The number of likely N-dealkylation sites (N-methyl/N-ethyl adjacent to an activating group) is 1. The minimum atomic E-state index is -2.89. The molecule has 1 saturated heterocycles. The van der Waals surface area contributed by atoms with Gasteiger partial charge in [-0.25, -0.2) is 8.42 Å². The third kappa shape index (κ3) is 3.32. The van der Waals surface area contributed by atoms with Gasteiger partial charge in [0.25, 0.3) is 0 Å². The Morgan fingerprint density at radius 1 is 1.40 bits per heavy atom. The van der Waals surface area contributed by atoms with E-state index in [0.29, 0.717) is 25.9 Å². The Morgan fingerprint density at radius 3 is 2.80 bits per heavy atom. The first-order valence-electron chi connectivity index (χ1n) is 7.38. The number of hydrogen-bond acceptors (Lipinski definition) is 5. The maximum atomic E-state index is 11.8. The number of hydrogen-bond donors (Lipinski definition) is 2. The van der Waals surface area contributed by atoms with Crippen molar-refractivity contribution in [3.63, 3.8) is 0 Å². The summed E-state index contributed by atoms with van der Waals surface area (Å²) in [5, 5.41) is 3.24. The molecule has 1 heterocycles. The number of rotatable bonds is 4. The molecule has 2 atom stereocenters. The molecule has 6 nitrogen and oxygen atoms in total. The van der Waals surface area contributed by atoms with E-state index in [0.717, 1.165) is 19.4 Å². The van der Waals surface area contributed by atoms with E-state index >= 15 is 0 Å². The van der Waals surface area contributed by atoms with Crippen LogP contribution in [0.2, 0.25) is 0 Å². The molecule has 0 aromatic carbocycles. The van der Waals surface area contributed by atoms with Gasteiger partial charge in [-0.3, -0.25) is 9.69 Å². The van der Waals surface area contributed by atoms with Crippen LogP contribution in [0.3, 0.4) is 0 Å². The molecular weight excluding hydrogens is 278 g/mol. The second-order valence-corrected chi connectivity index (χ2v) is 8.22. The molecule has 1 amide bonds. The third-order valence-electron chi connectivity index (χ3n) is 4.58. The zero-order valence-corrected chi connectivity index (χ0v) is 12.9. The Hall–Kier alpha value is -0.660. The molecule has 116 valence electrons. The molecule has 7 heteroatoms. The first-order valence-corrected chi connectivity index (χ1v) is 9.20. The molecular formula is C13H25N3O3S. The quantitative estimate of drug-likeness (QED) is 0.730. The Labute approximate surface area is 121 Å². The van der Waals surface area contributed by atoms with E-state index in [1.807, 2.05) is 6.92 Å². The molecule has 3 N–H and O–H groups in total. The highest BCUT2D eigenvalue weighted by Crippen LogP contribution is 2.33. The van der Waals surface area contributed by atoms with Crippen molar-refractivity contribution in [1.29, 1.82) is 0 Å². The molecule has 0 aromatic rings. The number of primary amides is 1. The van der Waals surface area contributed by atoms with Crippen LogP contribution in [-0.2, 0) is 14.6 Å². The second-order valence-electron chi connectivity index (χ2n) is 5.91. The van der Waals surface area contributed by atoms with Crippen LogP contribution in [0, 0.1) is 0 Å². The number of nitrogens with one attached hydrogen (secondary N) is 1. The molecule has 20 heavy (non-hydrogen) atoms. The van der Waals surface area contributed by atoms with Gasteiger partial charge in [0.1, 0.15) is 0 Å². The van der Waals surface area contributed by atoms with E-state index in [-0.39, 0.29) is 23.5 Å². The molecule has 1 saturated carbocycles. The van der Waals surface area contributed by atoms with E-state index in [9.17, 15) is 13.2 Å². The fourth-order valence-corrected chi connectivity index (χ4v) is 4.75. The summed E-state index contributed by atoms with van der Waals surface area (Å²) in [6.45, 7) is 4.05. The molecule has 2 unspecified atom stereocenters. The van der Waals surface area contributed by atoms with Crippen LogP contribution < -0.4 is 11.1 Å². The monoisotopic (exact) mass is 303 g/mol. The maximum absolute atomic E-state index is 11.8. The van der Waals surface area contributed by atoms with Gasteiger partial charge in [0.2, 0.25) is 5.91 Å². The van der Waals surface area contributed by atoms with Gasteiger partial charge in [-0.05, 0) is 38.8 Å². The van der Waals surface area contributed by atoms with E-state index in [4.69, 9.17) is 5.73 Å². The fraction of sp³-hybridized carbons (Fsp3) is 0.923. The van der Waals surface area contributed by atoms with Crippen molar-refractivity contribution in [2.24, 2.45) is 5.73 Å². The summed E-state index contributed by atoms with van der Waals surface area (Å²) in [4.78, 5) is 14.0. The van der Waals surface area contributed by atoms with Crippen molar-refractivity contribution in [3.05, 3.63) is 0 Å². The summed E-state index contributed by atoms with van der Waals surface area (Å²) >= 11 is 0. The highest BCUT2D eigenvalue weighted by molar-refractivity contribution is 7.91. The van der Waals surface area contributed by atoms with Gasteiger partial charge in [0, 0.05) is 12.6 Å². The summed E-state index contributed by atoms with van der Waals surface area (Å²) in [5.74, 6) is 0.225. The SMILES string of the molecule is CCNC1(C(N)=O)CCC(N2CCCS(=O)(=O)CC2)C1. The summed E-state index contributed by atoms with van der Waals surface area (Å²) in [6.07, 6.45) is 3.01. The minimum absolute atomic E-state index is 0.230. The summed E-state index contributed by atoms with van der Waals surface area (Å²) < 4.78 is 23.3. The maximum Gasteiger partial charge on any atom is 0.237 e. The van der Waals surface area contributed by atoms with Gasteiger partial charge >= 0.3 is 0 Å². The number of carbonyl (C=O) groups is 1. The standard InChI is InChI=1S/C13H25N3O3S/c1-2-15-13(12(14)17)5-4-11(10-13)16-6-3-8-20(18,19)9-7-16/h11,15H,2-10H2,1H3,(H2,14,17). The largest absolute Gasteiger partial charge is 0.368 e. The van der Waals surface area contributed by atoms with Crippen LogP contribution in [0.1, 0.15) is 32.6 Å². The molecule has 1 aliphatic carbocycles. The Morgan fingerprint density at radius 2 is 2.15 bits per heavy atom. The van der Waals surface area contributed by atoms with Crippen molar-refractivity contribution >= 4 is 15.7 Å². The van der Waals surface area contributed by atoms with Gasteiger partial charge < -0.3 is 11.1 Å². The zero-order valence-electron chi connectivity index (χ0n) is 12.1. The molecule has 2 aliphatic rings. The van der Waals surface area contributed by atoms with Gasteiger partial charge in [-0.1, -0.05) is 6.92 Å². The average molecular weight is 303 g/mol. The van der Waals surface area contributed by atoms with Gasteiger partial charge in [-0.2, -0.15) is 0 Å². The van der Waals surface area contributed by atoms with Gasteiger partial charge in [-0.15, -0.1) is 0 Å². The van der Waals surface area contributed by atoms with Crippen LogP contribution in [0.25, 0.3) is 0 Å². The smallest absolute Gasteiger partial charge is 0.237 e. The van der Waals surface area contributed by atoms with E-state index in [1.165, 1.54) is 0 Å². The van der Waals surface area contributed by atoms with Crippen molar-refractivity contribution in [1.82, 2.24) is 10.2 Å². The third-order valence-corrected chi connectivity index (χ3v) is 6.30. The van der Waals surface area contributed by atoms with Gasteiger partial charge in [0.05, 0.1) is 17.0 Å². The predicted octanol–water partition coefficient (Wildman–Crippen LogP) is -0.507. The normalized spacial score (nSPS) is 34.8. The molecule has 0 aromatic heterocycles. The number of amides is 1. The summed E-state index contributed by atoms with van der Waals surface area (Å²) in [5.41, 5.74) is 4.96. The van der Waals surface area contributed by atoms with Crippen LogP contribution in [0.5, 0.6) is 0 Å². The molecule has 0 bridgehead atoms. The van der Waals surface area contributed by atoms with Crippen molar-refractivity contribution in [2.45, 2.75) is 44.2 Å².